The first-order valence-corrected chi connectivity index (χ1v) is 7.19. The lowest BCUT2D eigenvalue weighted by Gasteiger charge is -2.24. The number of amides is 1. The van der Waals surface area contributed by atoms with Gasteiger partial charge in [-0.3, -0.25) is 4.79 Å². The first-order valence-electron chi connectivity index (χ1n) is 6.40. The Morgan fingerprint density at radius 2 is 1.85 bits per heavy atom. The van der Waals surface area contributed by atoms with Crippen molar-refractivity contribution in [2.75, 3.05) is 5.32 Å². The maximum absolute atomic E-state index is 12.5. The summed E-state index contributed by atoms with van der Waals surface area (Å²) in [4.78, 5) is 16.6. The molecule has 1 aromatic carbocycles. The zero-order valence-electron chi connectivity index (χ0n) is 11.8. The smallest absolute Gasteiger partial charge is 0.235 e. The fourth-order valence-electron chi connectivity index (χ4n) is 1.87. The summed E-state index contributed by atoms with van der Waals surface area (Å²) in [6.07, 6.45) is 1.69. The van der Waals surface area contributed by atoms with E-state index in [1.165, 1.54) is 0 Å². The van der Waals surface area contributed by atoms with Gasteiger partial charge in [0.15, 0.2) is 0 Å². The number of halogens is 1. The number of nitrogens with zero attached hydrogens (tertiary/aromatic N) is 1. The molecule has 2 rings (SSSR count). The Kier molecular flexibility index (Phi) is 4.23. The molecule has 0 radical (unpaired) electrons. The van der Waals surface area contributed by atoms with Crippen LogP contribution in [0.15, 0.2) is 47.1 Å². The van der Waals surface area contributed by atoms with E-state index < -0.39 is 5.41 Å². The van der Waals surface area contributed by atoms with Gasteiger partial charge in [0.1, 0.15) is 5.82 Å². The summed E-state index contributed by atoms with van der Waals surface area (Å²) in [7, 11) is 0. The van der Waals surface area contributed by atoms with Gasteiger partial charge in [-0.1, -0.05) is 28.1 Å². The first-order chi connectivity index (χ1) is 9.39. The van der Waals surface area contributed by atoms with Gasteiger partial charge in [-0.05, 0) is 56.2 Å². The molecule has 0 unspecified atom stereocenters. The number of rotatable bonds is 3. The molecule has 0 spiro atoms. The largest absolute Gasteiger partial charge is 0.310 e. The number of hydrogen-bond donors (Lipinski definition) is 1. The summed E-state index contributed by atoms with van der Waals surface area (Å²) in [5.74, 6) is 0.512. The number of aromatic nitrogens is 1. The van der Waals surface area contributed by atoms with Crippen LogP contribution in [0.3, 0.4) is 0 Å². The predicted molar refractivity (Wildman–Crippen MR) is 84.8 cm³/mol. The molecule has 0 aliphatic carbocycles. The number of aryl methyl sites for hydroxylation is 1. The van der Waals surface area contributed by atoms with Crippen LogP contribution in [-0.2, 0) is 10.2 Å². The van der Waals surface area contributed by atoms with E-state index in [-0.39, 0.29) is 5.91 Å². The molecule has 0 fully saturated rings. The fraction of sp³-hybridized carbons (Fsp3) is 0.250. The predicted octanol–water partition coefficient (Wildman–Crippen LogP) is 4.07. The Morgan fingerprint density at radius 3 is 2.45 bits per heavy atom. The van der Waals surface area contributed by atoms with Crippen molar-refractivity contribution >= 4 is 27.7 Å². The summed E-state index contributed by atoms with van der Waals surface area (Å²) in [5, 5.41) is 2.87. The lowest BCUT2D eigenvalue weighted by Crippen LogP contribution is -2.35. The number of benzene rings is 1. The molecule has 2 aromatic rings. The summed E-state index contributed by atoms with van der Waals surface area (Å²) < 4.78 is 0.998. The molecule has 0 saturated carbocycles. The maximum Gasteiger partial charge on any atom is 0.235 e. The SMILES string of the molecule is Cc1ccnc(NC(=O)C(C)(C)c2ccc(Br)cc2)c1. The van der Waals surface area contributed by atoms with Crippen molar-refractivity contribution in [3.63, 3.8) is 0 Å². The van der Waals surface area contributed by atoms with Crippen molar-refractivity contribution in [1.82, 2.24) is 4.98 Å². The molecule has 20 heavy (non-hydrogen) atoms. The molecule has 1 heterocycles. The quantitative estimate of drug-likeness (QED) is 0.920. The van der Waals surface area contributed by atoms with Crippen LogP contribution in [0, 0.1) is 6.92 Å². The molecular formula is C16H17BrN2O. The lowest BCUT2D eigenvalue weighted by molar-refractivity contribution is -0.120. The Morgan fingerprint density at radius 1 is 1.20 bits per heavy atom. The molecule has 0 atom stereocenters. The summed E-state index contributed by atoms with van der Waals surface area (Å²) in [5.41, 5.74) is 1.41. The Balaban J connectivity index is 2.21. The van der Waals surface area contributed by atoms with Crippen molar-refractivity contribution < 1.29 is 4.79 Å². The standard InChI is InChI=1S/C16H17BrN2O/c1-11-8-9-18-14(10-11)19-15(20)16(2,3)12-4-6-13(17)7-5-12/h4-10H,1-3H3,(H,18,19,20). The van der Waals surface area contributed by atoms with Crippen molar-refractivity contribution in [3.05, 3.63) is 58.2 Å². The zero-order chi connectivity index (χ0) is 14.8. The highest BCUT2D eigenvalue weighted by Gasteiger charge is 2.29. The third-order valence-electron chi connectivity index (χ3n) is 3.29. The summed E-state index contributed by atoms with van der Waals surface area (Å²) in [6, 6.07) is 11.5. The van der Waals surface area contributed by atoms with Gasteiger partial charge >= 0.3 is 0 Å². The molecule has 4 heteroatoms. The number of anilines is 1. The highest BCUT2D eigenvalue weighted by atomic mass is 79.9. The second-order valence-electron chi connectivity index (χ2n) is 5.30. The van der Waals surface area contributed by atoms with Crippen LogP contribution >= 0.6 is 15.9 Å². The maximum atomic E-state index is 12.5. The Labute approximate surface area is 127 Å². The second-order valence-corrected chi connectivity index (χ2v) is 6.22. The molecule has 3 nitrogen and oxygen atoms in total. The van der Waals surface area contributed by atoms with Gasteiger partial charge in [0, 0.05) is 10.7 Å². The van der Waals surface area contributed by atoms with Gasteiger partial charge < -0.3 is 5.32 Å². The van der Waals surface area contributed by atoms with Crippen LogP contribution in [0.2, 0.25) is 0 Å². The topological polar surface area (TPSA) is 42.0 Å². The summed E-state index contributed by atoms with van der Waals surface area (Å²) >= 11 is 3.40. The van der Waals surface area contributed by atoms with E-state index in [1.54, 1.807) is 6.20 Å². The van der Waals surface area contributed by atoms with E-state index in [4.69, 9.17) is 0 Å². The third-order valence-corrected chi connectivity index (χ3v) is 3.82. The molecule has 1 amide bonds. The van der Waals surface area contributed by atoms with Crippen LogP contribution in [0.4, 0.5) is 5.82 Å². The van der Waals surface area contributed by atoms with Crippen LogP contribution in [0.5, 0.6) is 0 Å². The third kappa shape index (κ3) is 3.25. The first kappa shape index (κ1) is 14.7. The molecule has 0 aliphatic rings. The van der Waals surface area contributed by atoms with Gasteiger partial charge in [-0.25, -0.2) is 4.98 Å². The fourth-order valence-corrected chi connectivity index (χ4v) is 2.14. The molecule has 1 aromatic heterocycles. The van der Waals surface area contributed by atoms with Gasteiger partial charge in [0.25, 0.3) is 0 Å². The molecule has 104 valence electrons. The van der Waals surface area contributed by atoms with E-state index in [0.717, 1.165) is 15.6 Å². The molecule has 0 bridgehead atoms. The molecule has 0 saturated heterocycles. The van der Waals surface area contributed by atoms with E-state index in [2.05, 4.69) is 26.2 Å². The van der Waals surface area contributed by atoms with Gasteiger partial charge in [0.05, 0.1) is 5.41 Å². The Bertz CT molecular complexity index is 621. The number of carbonyl (C=O) groups excluding carboxylic acids is 1. The van der Waals surface area contributed by atoms with Crippen molar-refractivity contribution in [3.8, 4) is 0 Å². The minimum absolute atomic E-state index is 0.0714. The monoisotopic (exact) mass is 332 g/mol. The van der Waals surface area contributed by atoms with Crippen molar-refractivity contribution in [2.24, 2.45) is 0 Å². The number of hydrogen-bond acceptors (Lipinski definition) is 2. The van der Waals surface area contributed by atoms with E-state index in [9.17, 15) is 4.79 Å². The average molecular weight is 333 g/mol. The van der Waals surface area contributed by atoms with E-state index in [1.807, 2.05) is 57.2 Å². The molecule has 0 aliphatic heterocycles. The zero-order valence-corrected chi connectivity index (χ0v) is 13.4. The highest BCUT2D eigenvalue weighted by Crippen LogP contribution is 2.26. The van der Waals surface area contributed by atoms with Crippen molar-refractivity contribution in [1.29, 1.82) is 0 Å². The minimum atomic E-state index is -0.619. The minimum Gasteiger partial charge on any atom is -0.310 e. The number of carbonyl (C=O) groups is 1. The van der Waals surface area contributed by atoms with Crippen LogP contribution in [0.25, 0.3) is 0 Å². The number of pyridine rings is 1. The van der Waals surface area contributed by atoms with Gasteiger partial charge in [0.2, 0.25) is 5.91 Å². The average Bonchev–Trinajstić information content (AvgIpc) is 2.39. The van der Waals surface area contributed by atoms with Crippen LogP contribution in [0.1, 0.15) is 25.0 Å². The lowest BCUT2D eigenvalue weighted by atomic mass is 9.84. The van der Waals surface area contributed by atoms with Crippen LogP contribution < -0.4 is 5.32 Å². The van der Waals surface area contributed by atoms with Gasteiger partial charge in [-0.15, -0.1) is 0 Å². The van der Waals surface area contributed by atoms with Crippen LogP contribution in [-0.4, -0.2) is 10.9 Å². The van der Waals surface area contributed by atoms with E-state index in [0.29, 0.717) is 5.82 Å². The second kappa shape index (κ2) is 5.75. The van der Waals surface area contributed by atoms with E-state index >= 15 is 0 Å². The highest BCUT2D eigenvalue weighted by molar-refractivity contribution is 9.10. The molecular weight excluding hydrogens is 316 g/mol. The normalized spacial score (nSPS) is 11.2. The van der Waals surface area contributed by atoms with Crippen molar-refractivity contribution in [2.45, 2.75) is 26.2 Å². The molecule has 1 N–H and O–H groups in total. The Hall–Kier alpha value is -1.68. The van der Waals surface area contributed by atoms with Gasteiger partial charge in [-0.2, -0.15) is 0 Å². The summed E-state index contributed by atoms with van der Waals surface area (Å²) in [6.45, 7) is 5.78. The number of nitrogens with one attached hydrogen (secondary N) is 1.